The molecule has 0 bridgehead atoms. The van der Waals surface area contributed by atoms with E-state index < -0.39 is 67.0 Å². The van der Waals surface area contributed by atoms with E-state index in [1.54, 1.807) is 13.8 Å². The standard InChI is InChI=1S/C17H32N4O7/c1-8(2)5-11(19-14(24)10(18)6-22)15(25)21-13(9(3)4)16(26)20-12(7-23)17(27)28/h8-13,22-23H,5-7,18H2,1-4H3,(H,19,24)(H,20,26)(H,21,25)(H,27,28). The summed E-state index contributed by atoms with van der Waals surface area (Å²) in [5, 5.41) is 34.1. The highest BCUT2D eigenvalue weighted by molar-refractivity contribution is 5.94. The molecule has 0 aliphatic heterocycles. The van der Waals surface area contributed by atoms with Gasteiger partial charge in [0.1, 0.15) is 24.2 Å². The van der Waals surface area contributed by atoms with Crippen molar-refractivity contribution in [2.24, 2.45) is 17.6 Å². The Morgan fingerprint density at radius 1 is 0.821 bits per heavy atom. The zero-order chi connectivity index (χ0) is 22.0. The fraction of sp³-hybridized carbons (Fsp3) is 0.765. The van der Waals surface area contributed by atoms with E-state index in [0.29, 0.717) is 0 Å². The zero-order valence-corrected chi connectivity index (χ0v) is 16.6. The smallest absolute Gasteiger partial charge is 0.328 e. The molecule has 0 spiro atoms. The second-order valence-electron chi connectivity index (χ2n) is 7.29. The van der Waals surface area contributed by atoms with Crippen LogP contribution in [0.1, 0.15) is 34.1 Å². The van der Waals surface area contributed by atoms with Crippen LogP contribution in [0.15, 0.2) is 0 Å². The predicted molar refractivity (Wildman–Crippen MR) is 99.9 cm³/mol. The van der Waals surface area contributed by atoms with Gasteiger partial charge in [-0.25, -0.2) is 4.79 Å². The SMILES string of the molecule is CC(C)CC(NC(=O)C(N)CO)C(=O)NC(C(=O)NC(CO)C(=O)O)C(C)C. The molecule has 11 nitrogen and oxygen atoms in total. The van der Waals surface area contributed by atoms with Gasteiger partial charge in [0.05, 0.1) is 13.2 Å². The minimum absolute atomic E-state index is 0.0264. The number of aliphatic hydroxyl groups excluding tert-OH is 2. The first-order chi connectivity index (χ1) is 12.9. The van der Waals surface area contributed by atoms with Crippen molar-refractivity contribution in [3.63, 3.8) is 0 Å². The first-order valence-electron chi connectivity index (χ1n) is 9.05. The van der Waals surface area contributed by atoms with E-state index in [-0.39, 0.29) is 12.3 Å². The van der Waals surface area contributed by atoms with Crippen molar-refractivity contribution in [3.8, 4) is 0 Å². The lowest BCUT2D eigenvalue weighted by Crippen LogP contribution is -2.59. The predicted octanol–water partition coefficient (Wildman–Crippen LogP) is -2.46. The monoisotopic (exact) mass is 404 g/mol. The van der Waals surface area contributed by atoms with Crippen LogP contribution in [0.3, 0.4) is 0 Å². The number of aliphatic hydroxyl groups is 2. The summed E-state index contributed by atoms with van der Waals surface area (Å²) in [7, 11) is 0. The number of carboxylic acid groups (broad SMARTS) is 1. The summed E-state index contributed by atoms with van der Waals surface area (Å²) < 4.78 is 0. The number of carboxylic acids is 1. The molecular weight excluding hydrogens is 372 g/mol. The molecule has 4 atom stereocenters. The molecule has 0 aliphatic carbocycles. The van der Waals surface area contributed by atoms with Crippen molar-refractivity contribution in [2.75, 3.05) is 13.2 Å². The summed E-state index contributed by atoms with van der Waals surface area (Å²) in [6.07, 6.45) is 0.260. The van der Waals surface area contributed by atoms with Gasteiger partial charge >= 0.3 is 5.97 Å². The van der Waals surface area contributed by atoms with Crippen LogP contribution in [0.4, 0.5) is 0 Å². The van der Waals surface area contributed by atoms with Gasteiger partial charge in [-0.3, -0.25) is 14.4 Å². The molecule has 3 amide bonds. The number of carbonyl (C=O) groups is 4. The van der Waals surface area contributed by atoms with Gasteiger partial charge in [-0.2, -0.15) is 0 Å². The van der Waals surface area contributed by atoms with E-state index >= 15 is 0 Å². The Morgan fingerprint density at radius 2 is 1.36 bits per heavy atom. The molecule has 0 aliphatic rings. The number of amides is 3. The van der Waals surface area contributed by atoms with Crippen LogP contribution in [-0.2, 0) is 19.2 Å². The van der Waals surface area contributed by atoms with E-state index in [0.717, 1.165) is 0 Å². The Morgan fingerprint density at radius 3 is 1.75 bits per heavy atom. The minimum Gasteiger partial charge on any atom is -0.480 e. The number of nitrogens with one attached hydrogen (secondary N) is 3. The van der Waals surface area contributed by atoms with E-state index in [4.69, 9.17) is 21.1 Å². The van der Waals surface area contributed by atoms with Gasteiger partial charge in [-0.05, 0) is 18.3 Å². The second-order valence-corrected chi connectivity index (χ2v) is 7.29. The topological polar surface area (TPSA) is 191 Å². The molecule has 0 radical (unpaired) electrons. The molecule has 0 fully saturated rings. The summed E-state index contributed by atoms with van der Waals surface area (Å²) in [5.74, 6) is -3.90. The molecule has 0 rings (SSSR count). The first kappa shape index (κ1) is 25.8. The normalized spacial score (nSPS) is 15.5. The van der Waals surface area contributed by atoms with Crippen molar-refractivity contribution in [2.45, 2.75) is 58.3 Å². The number of hydrogen-bond acceptors (Lipinski definition) is 7. The van der Waals surface area contributed by atoms with Crippen LogP contribution in [0.2, 0.25) is 0 Å². The van der Waals surface area contributed by atoms with Crippen molar-refractivity contribution in [3.05, 3.63) is 0 Å². The van der Waals surface area contributed by atoms with Crippen LogP contribution in [0, 0.1) is 11.8 Å². The van der Waals surface area contributed by atoms with Gasteiger partial charge in [-0.1, -0.05) is 27.7 Å². The third-order valence-electron chi connectivity index (χ3n) is 3.92. The summed E-state index contributed by atoms with van der Waals surface area (Å²) in [6.45, 7) is 5.59. The molecule has 0 heterocycles. The largest absolute Gasteiger partial charge is 0.480 e. The molecule has 0 aromatic rings. The van der Waals surface area contributed by atoms with E-state index in [1.165, 1.54) is 0 Å². The van der Waals surface area contributed by atoms with Crippen LogP contribution in [0.5, 0.6) is 0 Å². The lowest BCUT2D eigenvalue weighted by atomic mass is 9.99. The van der Waals surface area contributed by atoms with E-state index in [9.17, 15) is 19.2 Å². The Balaban J connectivity index is 5.30. The quantitative estimate of drug-likeness (QED) is 0.186. The molecule has 0 aromatic carbocycles. The summed E-state index contributed by atoms with van der Waals surface area (Å²) >= 11 is 0. The molecule has 0 saturated carbocycles. The maximum absolute atomic E-state index is 12.7. The molecule has 28 heavy (non-hydrogen) atoms. The second kappa shape index (κ2) is 12.3. The van der Waals surface area contributed by atoms with Crippen LogP contribution in [-0.4, -0.2) is 76.4 Å². The average Bonchev–Trinajstić information content (AvgIpc) is 2.61. The maximum Gasteiger partial charge on any atom is 0.328 e. The van der Waals surface area contributed by atoms with Crippen molar-refractivity contribution in [1.29, 1.82) is 0 Å². The van der Waals surface area contributed by atoms with Crippen molar-refractivity contribution < 1.29 is 34.5 Å². The highest BCUT2D eigenvalue weighted by atomic mass is 16.4. The number of carbonyl (C=O) groups excluding carboxylic acids is 3. The summed E-state index contributed by atoms with van der Waals surface area (Å²) in [5.41, 5.74) is 5.45. The summed E-state index contributed by atoms with van der Waals surface area (Å²) in [6, 6.07) is -4.77. The molecule has 0 aromatic heterocycles. The third-order valence-corrected chi connectivity index (χ3v) is 3.92. The van der Waals surface area contributed by atoms with Gasteiger partial charge in [0, 0.05) is 0 Å². The zero-order valence-electron chi connectivity index (χ0n) is 16.6. The Kier molecular flexibility index (Phi) is 11.3. The fourth-order valence-corrected chi connectivity index (χ4v) is 2.30. The highest BCUT2D eigenvalue weighted by Gasteiger charge is 2.31. The van der Waals surface area contributed by atoms with Gasteiger partial charge in [0.15, 0.2) is 0 Å². The maximum atomic E-state index is 12.7. The van der Waals surface area contributed by atoms with Crippen molar-refractivity contribution >= 4 is 23.7 Å². The van der Waals surface area contributed by atoms with Gasteiger partial charge in [-0.15, -0.1) is 0 Å². The van der Waals surface area contributed by atoms with Gasteiger partial charge in [0.2, 0.25) is 17.7 Å². The lowest BCUT2D eigenvalue weighted by Gasteiger charge is -2.27. The molecular formula is C17H32N4O7. The lowest BCUT2D eigenvalue weighted by molar-refractivity contribution is -0.143. The number of nitrogens with two attached hydrogens (primary N) is 1. The fourth-order valence-electron chi connectivity index (χ4n) is 2.30. The highest BCUT2D eigenvalue weighted by Crippen LogP contribution is 2.08. The molecule has 0 saturated heterocycles. The van der Waals surface area contributed by atoms with Crippen LogP contribution < -0.4 is 21.7 Å². The van der Waals surface area contributed by atoms with E-state index in [2.05, 4.69) is 16.0 Å². The Hall–Kier alpha value is -2.24. The minimum atomic E-state index is -1.50. The molecule has 11 heteroatoms. The Bertz CT molecular complexity index is 554. The van der Waals surface area contributed by atoms with E-state index in [1.807, 2.05) is 13.8 Å². The molecule has 8 N–H and O–H groups in total. The van der Waals surface area contributed by atoms with Gasteiger partial charge < -0.3 is 37.0 Å². The van der Waals surface area contributed by atoms with Crippen LogP contribution >= 0.6 is 0 Å². The summed E-state index contributed by atoms with van der Waals surface area (Å²) in [4.78, 5) is 48.0. The van der Waals surface area contributed by atoms with Gasteiger partial charge in [0.25, 0.3) is 0 Å². The van der Waals surface area contributed by atoms with Crippen LogP contribution in [0.25, 0.3) is 0 Å². The molecule has 162 valence electrons. The first-order valence-corrected chi connectivity index (χ1v) is 9.05. The number of rotatable bonds is 12. The molecule has 4 unspecified atom stereocenters. The third kappa shape index (κ3) is 8.63. The number of hydrogen-bond donors (Lipinski definition) is 7. The average molecular weight is 404 g/mol. The number of aliphatic carboxylic acids is 1. The Labute approximate surface area is 164 Å². The van der Waals surface area contributed by atoms with Crippen molar-refractivity contribution in [1.82, 2.24) is 16.0 Å².